The predicted molar refractivity (Wildman–Crippen MR) is 80.7 cm³/mol. The number of ketones is 1. The van der Waals surface area contributed by atoms with Crippen molar-refractivity contribution in [3.8, 4) is 5.75 Å². The van der Waals surface area contributed by atoms with Crippen molar-refractivity contribution in [1.82, 2.24) is 0 Å². The third kappa shape index (κ3) is 2.19. The summed E-state index contributed by atoms with van der Waals surface area (Å²) >= 11 is 0. The summed E-state index contributed by atoms with van der Waals surface area (Å²) in [7, 11) is 1.64. The summed E-state index contributed by atoms with van der Waals surface area (Å²) in [5.74, 6) is 1.61. The molecule has 20 heavy (non-hydrogen) atoms. The topological polar surface area (TPSA) is 29.5 Å². The van der Waals surface area contributed by atoms with Crippen LogP contribution in [-0.4, -0.2) is 25.5 Å². The highest BCUT2D eigenvalue weighted by molar-refractivity contribution is 6.02. The van der Waals surface area contributed by atoms with Crippen LogP contribution in [0.3, 0.4) is 0 Å². The van der Waals surface area contributed by atoms with E-state index in [4.69, 9.17) is 4.74 Å². The fourth-order valence-corrected chi connectivity index (χ4v) is 3.99. The van der Waals surface area contributed by atoms with E-state index in [0.717, 1.165) is 23.7 Å². The number of hydrogen-bond acceptors (Lipinski definition) is 3. The number of carbonyl (C=O) groups excluding carboxylic acids is 1. The Labute approximate surface area is 120 Å². The fourth-order valence-electron chi connectivity index (χ4n) is 3.99. The van der Waals surface area contributed by atoms with Gasteiger partial charge in [0, 0.05) is 12.6 Å². The summed E-state index contributed by atoms with van der Waals surface area (Å²) in [5, 5.41) is 0. The molecular weight excluding hydrogens is 250 g/mol. The molecule has 1 saturated heterocycles. The van der Waals surface area contributed by atoms with Crippen molar-refractivity contribution in [3.05, 3.63) is 23.8 Å². The Hall–Kier alpha value is -1.51. The van der Waals surface area contributed by atoms with E-state index in [1.807, 2.05) is 12.1 Å². The zero-order valence-electron chi connectivity index (χ0n) is 12.4. The first-order valence-corrected chi connectivity index (χ1v) is 7.67. The number of ether oxygens (including phenoxy) is 1. The molecule has 0 aromatic heterocycles. The molecule has 0 spiro atoms. The predicted octanol–water partition coefficient (Wildman–Crippen LogP) is 3.67. The van der Waals surface area contributed by atoms with Gasteiger partial charge in [-0.1, -0.05) is 18.9 Å². The summed E-state index contributed by atoms with van der Waals surface area (Å²) in [6.45, 7) is 2.71. The number of Topliss-reactive ketones (excluding diaryl/α,β-unsaturated/α-hetero) is 1. The number of benzene rings is 1. The van der Waals surface area contributed by atoms with Crippen LogP contribution in [0.15, 0.2) is 18.2 Å². The lowest BCUT2D eigenvalue weighted by atomic mass is 9.85. The first-order valence-electron chi connectivity index (χ1n) is 7.67. The molecule has 2 atom stereocenters. The second-order valence-corrected chi connectivity index (χ2v) is 6.00. The highest BCUT2D eigenvalue weighted by Crippen LogP contribution is 2.41. The minimum atomic E-state index is 0.0942. The molecule has 1 aromatic rings. The fraction of sp³-hybridized carbons (Fsp3) is 0.588. The van der Waals surface area contributed by atoms with Crippen LogP contribution >= 0.6 is 0 Å². The second kappa shape index (κ2) is 5.47. The maximum Gasteiger partial charge on any atom is 0.165 e. The summed E-state index contributed by atoms with van der Waals surface area (Å²) in [6, 6.07) is 6.58. The van der Waals surface area contributed by atoms with Gasteiger partial charge in [-0.2, -0.15) is 0 Å². The molecule has 1 aliphatic carbocycles. The first kappa shape index (κ1) is 13.5. The lowest BCUT2D eigenvalue weighted by Gasteiger charge is -2.34. The van der Waals surface area contributed by atoms with Gasteiger partial charge in [-0.05, 0) is 44.2 Å². The van der Waals surface area contributed by atoms with E-state index in [1.165, 1.54) is 32.1 Å². The average molecular weight is 273 g/mol. The summed E-state index contributed by atoms with van der Waals surface area (Å²) in [6.07, 6.45) is 6.56. The van der Waals surface area contributed by atoms with Gasteiger partial charge in [0.2, 0.25) is 0 Å². The summed E-state index contributed by atoms with van der Waals surface area (Å²) in [5.41, 5.74) is 1.83. The van der Waals surface area contributed by atoms with E-state index in [0.29, 0.717) is 11.8 Å². The van der Waals surface area contributed by atoms with Gasteiger partial charge in [-0.15, -0.1) is 0 Å². The largest absolute Gasteiger partial charge is 0.496 e. The number of fused-ring (bicyclic) bond motifs is 1. The van der Waals surface area contributed by atoms with Gasteiger partial charge < -0.3 is 9.64 Å². The number of nitrogens with zero attached hydrogens (tertiary/aromatic N) is 1. The molecule has 3 heteroatoms. The molecule has 2 unspecified atom stereocenters. The van der Waals surface area contributed by atoms with Crippen LogP contribution in [-0.2, 0) is 0 Å². The average Bonchev–Trinajstić information content (AvgIpc) is 2.90. The summed E-state index contributed by atoms with van der Waals surface area (Å²) in [4.78, 5) is 14.5. The van der Waals surface area contributed by atoms with Crippen LogP contribution in [0.4, 0.5) is 5.69 Å². The molecule has 1 saturated carbocycles. The van der Waals surface area contributed by atoms with E-state index < -0.39 is 0 Å². The third-order valence-corrected chi connectivity index (χ3v) is 4.90. The van der Waals surface area contributed by atoms with Gasteiger partial charge in [-0.25, -0.2) is 0 Å². The van der Waals surface area contributed by atoms with Gasteiger partial charge in [0.25, 0.3) is 0 Å². The molecule has 1 heterocycles. The molecule has 2 aliphatic rings. The second-order valence-electron chi connectivity index (χ2n) is 6.00. The lowest BCUT2D eigenvalue weighted by Crippen LogP contribution is -2.35. The minimum Gasteiger partial charge on any atom is -0.496 e. The normalized spacial score (nSPS) is 25.4. The van der Waals surface area contributed by atoms with Crippen LogP contribution < -0.4 is 9.64 Å². The Morgan fingerprint density at radius 3 is 2.80 bits per heavy atom. The number of anilines is 1. The van der Waals surface area contributed by atoms with Crippen LogP contribution in [0.5, 0.6) is 5.75 Å². The van der Waals surface area contributed by atoms with Gasteiger partial charge in [0.1, 0.15) is 5.75 Å². The smallest absolute Gasteiger partial charge is 0.165 e. The van der Waals surface area contributed by atoms with Gasteiger partial charge in [-0.3, -0.25) is 4.79 Å². The maximum atomic E-state index is 12.1. The van der Waals surface area contributed by atoms with Crippen molar-refractivity contribution in [2.75, 3.05) is 18.6 Å². The van der Waals surface area contributed by atoms with E-state index in [-0.39, 0.29) is 5.78 Å². The van der Waals surface area contributed by atoms with Gasteiger partial charge >= 0.3 is 0 Å². The van der Waals surface area contributed by atoms with Crippen molar-refractivity contribution in [3.63, 3.8) is 0 Å². The Morgan fingerprint density at radius 2 is 2.05 bits per heavy atom. The van der Waals surface area contributed by atoms with Crippen molar-refractivity contribution in [1.29, 1.82) is 0 Å². The van der Waals surface area contributed by atoms with Crippen LogP contribution in [0.25, 0.3) is 0 Å². The number of hydrogen-bond donors (Lipinski definition) is 0. The molecule has 108 valence electrons. The van der Waals surface area contributed by atoms with Crippen molar-refractivity contribution in [2.24, 2.45) is 5.92 Å². The highest BCUT2D eigenvalue weighted by Gasteiger charge is 2.37. The molecule has 0 amide bonds. The van der Waals surface area contributed by atoms with Crippen molar-refractivity contribution in [2.45, 2.75) is 45.1 Å². The van der Waals surface area contributed by atoms with E-state index in [2.05, 4.69) is 11.0 Å². The maximum absolute atomic E-state index is 12.1. The van der Waals surface area contributed by atoms with Crippen LogP contribution in [0.1, 0.15) is 49.4 Å². The first-order chi connectivity index (χ1) is 9.72. The Morgan fingerprint density at radius 1 is 1.25 bits per heavy atom. The molecule has 0 N–H and O–H groups in total. The standard InChI is InChI=1S/C17H23NO2/c1-12(19)17-15(8-5-9-16(17)20-2)18-11-10-13-6-3-4-7-14(13)18/h5,8-9,13-14H,3-4,6-7,10-11H2,1-2H3. The Kier molecular flexibility index (Phi) is 3.68. The van der Waals surface area contributed by atoms with Gasteiger partial charge in [0.15, 0.2) is 5.78 Å². The third-order valence-electron chi connectivity index (χ3n) is 4.90. The Bertz CT molecular complexity index is 512. The van der Waals surface area contributed by atoms with Crippen molar-refractivity contribution < 1.29 is 9.53 Å². The molecule has 0 radical (unpaired) electrons. The number of carbonyl (C=O) groups is 1. The van der Waals surface area contributed by atoms with Crippen LogP contribution in [0, 0.1) is 5.92 Å². The zero-order chi connectivity index (χ0) is 14.1. The molecule has 0 bridgehead atoms. The highest BCUT2D eigenvalue weighted by atomic mass is 16.5. The minimum absolute atomic E-state index is 0.0942. The zero-order valence-corrected chi connectivity index (χ0v) is 12.4. The van der Waals surface area contributed by atoms with E-state index >= 15 is 0 Å². The molecule has 1 aromatic carbocycles. The lowest BCUT2D eigenvalue weighted by molar-refractivity contribution is 0.101. The SMILES string of the molecule is COc1cccc(N2CCC3CCCCC32)c1C(C)=O. The van der Waals surface area contributed by atoms with Gasteiger partial charge in [0.05, 0.1) is 18.4 Å². The van der Waals surface area contributed by atoms with Crippen molar-refractivity contribution >= 4 is 11.5 Å². The van der Waals surface area contributed by atoms with Crippen LogP contribution in [0.2, 0.25) is 0 Å². The molecular formula is C17H23NO2. The molecule has 1 aliphatic heterocycles. The summed E-state index contributed by atoms with van der Waals surface area (Å²) < 4.78 is 5.40. The molecule has 2 fully saturated rings. The molecule has 3 nitrogen and oxygen atoms in total. The number of rotatable bonds is 3. The van der Waals surface area contributed by atoms with E-state index in [1.54, 1.807) is 14.0 Å². The van der Waals surface area contributed by atoms with E-state index in [9.17, 15) is 4.79 Å². The quantitative estimate of drug-likeness (QED) is 0.787. The Balaban J connectivity index is 1.99. The number of methoxy groups -OCH3 is 1. The monoisotopic (exact) mass is 273 g/mol. The molecule has 3 rings (SSSR count).